The third kappa shape index (κ3) is 2.83. The van der Waals surface area contributed by atoms with E-state index in [9.17, 15) is 18.5 Å². The molecule has 3 aromatic rings. The van der Waals surface area contributed by atoms with Gasteiger partial charge in [0.15, 0.2) is 0 Å². The number of benzene rings is 1. The molecule has 0 atom stereocenters. The van der Waals surface area contributed by atoms with Gasteiger partial charge in [0.2, 0.25) is 9.30 Å². The molecule has 2 heterocycles. The van der Waals surface area contributed by atoms with Gasteiger partial charge in [-0.25, -0.2) is 18.5 Å². The lowest BCUT2D eigenvalue weighted by molar-refractivity contribution is -0.384. The molecular formula is C11H6N6O4S3. The maximum Gasteiger partial charge on any atom is 0.269 e. The Morgan fingerprint density at radius 1 is 1.38 bits per heavy atom. The minimum atomic E-state index is -3.98. The van der Waals surface area contributed by atoms with E-state index >= 15 is 0 Å². The second-order valence-corrected chi connectivity index (χ2v) is 7.83. The van der Waals surface area contributed by atoms with Crippen molar-refractivity contribution in [3.8, 4) is 16.7 Å². The zero-order valence-electron chi connectivity index (χ0n) is 11.5. The van der Waals surface area contributed by atoms with Crippen LogP contribution in [0.5, 0.6) is 0 Å². The van der Waals surface area contributed by atoms with Gasteiger partial charge in [0.05, 0.1) is 4.92 Å². The number of rotatable bonds is 4. The lowest BCUT2D eigenvalue weighted by Crippen LogP contribution is -2.12. The number of nitro benzene ring substituents is 1. The van der Waals surface area contributed by atoms with Crippen molar-refractivity contribution in [2.24, 2.45) is 5.14 Å². The Balaban J connectivity index is 2.17. The van der Waals surface area contributed by atoms with Crippen LogP contribution in [0.2, 0.25) is 0 Å². The molecule has 0 saturated carbocycles. The number of fused-ring (bicyclic) bond motifs is 1. The van der Waals surface area contributed by atoms with Gasteiger partial charge in [-0.2, -0.15) is 9.78 Å². The standard InChI is InChI=1S/C11H6N6O4S3/c12-5-22-9-8(6-1-3-7(4-2-6)17(18)19)14-10-16(9)15-11(23-10)24(13,20)21/h1-4H,(H2,13,20,21). The third-order valence-electron chi connectivity index (χ3n) is 2.88. The number of imidazole rings is 1. The highest BCUT2D eigenvalue weighted by Crippen LogP contribution is 2.34. The molecule has 0 aliphatic carbocycles. The Hall–Kier alpha value is -2.53. The van der Waals surface area contributed by atoms with Crippen LogP contribution in [0.4, 0.5) is 5.69 Å². The van der Waals surface area contributed by atoms with Crippen molar-refractivity contribution in [1.29, 1.82) is 5.26 Å². The van der Waals surface area contributed by atoms with Gasteiger partial charge in [0, 0.05) is 29.5 Å². The summed E-state index contributed by atoms with van der Waals surface area (Å²) in [6.45, 7) is 0. The van der Waals surface area contributed by atoms with Crippen LogP contribution in [0.25, 0.3) is 16.2 Å². The number of non-ortho nitro benzene ring substituents is 1. The summed E-state index contributed by atoms with van der Waals surface area (Å²) < 4.78 is 23.6. The first-order chi connectivity index (χ1) is 11.3. The lowest BCUT2D eigenvalue weighted by Gasteiger charge is -1.99. The molecule has 0 aliphatic heterocycles. The van der Waals surface area contributed by atoms with Crippen molar-refractivity contribution in [3.63, 3.8) is 0 Å². The fourth-order valence-electron chi connectivity index (χ4n) is 1.89. The average molecular weight is 382 g/mol. The van der Waals surface area contributed by atoms with Crippen molar-refractivity contribution in [2.75, 3.05) is 0 Å². The van der Waals surface area contributed by atoms with E-state index in [2.05, 4.69) is 10.1 Å². The number of primary sulfonamides is 1. The molecule has 13 heteroatoms. The van der Waals surface area contributed by atoms with Crippen LogP contribution in [-0.2, 0) is 10.0 Å². The van der Waals surface area contributed by atoms with Gasteiger partial charge >= 0.3 is 0 Å². The summed E-state index contributed by atoms with van der Waals surface area (Å²) in [7, 11) is -3.98. The van der Waals surface area contributed by atoms with Gasteiger partial charge in [-0.15, -0.1) is 5.10 Å². The van der Waals surface area contributed by atoms with Gasteiger partial charge in [-0.1, -0.05) is 11.3 Å². The number of nitriles is 1. The molecule has 0 radical (unpaired) electrons. The number of sulfonamides is 1. The molecular weight excluding hydrogens is 376 g/mol. The van der Waals surface area contributed by atoms with Crippen molar-refractivity contribution in [2.45, 2.75) is 9.37 Å². The van der Waals surface area contributed by atoms with Crippen LogP contribution in [0.15, 0.2) is 33.6 Å². The van der Waals surface area contributed by atoms with Gasteiger partial charge in [0.25, 0.3) is 15.7 Å². The van der Waals surface area contributed by atoms with E-state index in [1.165, 1.54) is 28.8 Å². The van der Waals surface area contributed by atoms with Crippen molar-refractivity contribution < 1.29 is 13.3 Å². The Bertz CT molecular complexity index is 1090. The first-order valence-electron chi connectivity index (χ1n) is 6.04. The molecule has 0 saturated heterocycles. The molecule has 2 aromatic heterocycles. The summed E-state index contributed by atoms with van der Waals surface area (Å²) in [6.07, 6.45) is 0. The predicted octanol–water partition coefficient (Wildman–Crippen LogP) is 1.59. The minimum absolute atomic E-state index is 0.0797. The maximum atomic E-state index is 11.4. The monoisotopic (exact) mass is 382 g/mol. The molecule has 0 fully saturated rings. The largest absolute Gasteiger partial charge is 0.269 e. The molecule has 0 aliphatic rings. The number of aromatic nitrogens is 3. The molecule has 3 rings (SSSR count). The lowest BCUT2D eigenvalue weighted by atomic mass is 10.1. The summed E-state index contributed by atoms with van der Waals surface area (Å²) in [4.78, 5) is 14.7. The number of nitro groups is 1. The van der Waals surface area contributed by atoms with E-state index in [0.29, 0.717) is 16.3 Å². The number of nitrogens with zero attached hydrogens (tertiary/aromatic N) is 5. The van der Waals surface area contributed by atoms with Crippen LogP contribution in [-0.4, -0.2) is 27.9 Å². The second kappa shape index (κ2) is 5.83. The summed E-state index contributed by atoms with van der Waals surface area (Å²) in [5, 5.41) is 30.8. The number of thiocyanates is 1. The van der Waals surface area contributed by atoms with E-state index < -0.39 is 14.9 Å². The molecule has 1 aromatic carbocycles. The second-order valence-electron chi connectivity index (χ2n) is 4.37. The normalized spacial score (nSPS) is 11.5. The zero-order chi connectivity index (χ0) is 17.5. The number of thioether (sulfide) groups is 1. The SMILES string of the molecule is N#CSc1c(-c2ccc([N+](=O)[O-])cc2)nc2sc(S(N)(=O)=O)nn12. The fraction of sp³-hybridized carbons (Fsp3) is 0. The Morgan fingerprint density at radius 3 is 2.58 bits per heavy atom. The molecule has 0 unspecified atom stereocenters. The number of hydrogen-bond donors (Lipinski definition) is 1. The van der Waals surface area contributed by atoms with Crippen molar-refractivity contribution in [3.05, 3.63) is 34.4 Å². The van der Waals surface area contributed by atoms with Crippen LogP contribution in [0, 0.1) is 20.8 Å². The van der Waals surface area contributed by atoms with Crippen molar-refractivity contribution in [1.82, 2.24) is 14.6 Å². The average Bonchev–Trinajstić information content (AvgIpc) is 3.07. The first kappa shape index (κ1) is 16.3. The van der Waals surface area contributed by atoms with Gasteiger partial charge in [-0.3, -0.25) is 10.1 Å². The highest BCUT2D eigenvalue weighted by Gasteiger charge is 2.22. The fourth-order valence-corrected chi connectivity index (χ4v) is 4.03. The molecule has 0 spiro atoms. The highest BCUT2D eigenvalue weighted by atomic mass is 32.2. The minimum Gasteiger partial charge on any atom is -0.258 e. The number of hydrogen-bond acceptors (Lipinski definition) is 9. The van der Waals surface area contributed by atoms with Gasteiger partial charge < -0.3 is 0 Å². The van der Waals surface area contributed by atoms with E-state index in [1.54, 1.807) is 0 Å². The van der Waals surface area contributed by atoms with Gasteiger partial charge in [-0.05, 0) is 12.1 Å². The molecule has 10 nitrogen and oxygen atoms in total. The van der Waals surface area contributed by atoms with Crippen LogP contribution >= 0.6 is 23.1 Å². The molecule has 0 amide bonds. The summed E-state index contributed by atoms with van der Waals surface area (Å²) in [5.74, 6) is 0. The first-order valence-corrected chi connectivity index (χ1v) is 9.22. The van der Waals surface area contributed by atoms with Gasteiger partial charge in [0.1, 0.15) is 16.1 Å². The van der Waals surface area contributed by atoms with E-state index in [1.807, 2.05) is 5.40 Å². The smallest absolute Gasteiger partial charge is 0.258 e. The molecule has 24 heavy (non-hydrogen) atoms. The molecule has 2 N–H and O–H groups in total. The summed E-state index contributed by atoms with van der Waals surface area (Å²) in [6, 6.07) is 5.61. The zero-order valence-corrected chi connectivity index (χ0v) is 13.9. The Labute approximate surface area is 142 Å². The van der Waals surface area contributed by atoms with E-state index in [0.717, 1.165) is 23.1 Å². The maximum absolute atomic E-state index is 11.4. The number of nitrogens with two attached hydrogens (primary N) is 1. The predicted molar refractivity (Wildman–Crippen MR) is 85.8 cm³/mol. The van der Waals surface area contributed by atoms with E-state index in [-0.39, 0.29) is 15.0 Å². The van der Waals surface area contributed by atoms with E-state index in [4.69, 9.17) is 10.4 Å². The quantitative estimate of drug-likeness (QED) is 0.308. The topological polar surface area (TPSA) is 157 Å². The third-order valence-corrected chi connectivity index (χ3v) is 5.75. The van der Waals surface area contributed by atoms with Crippen molar-refractivity contribution >= 4 is 43.8 Å². The van der Waals surface area contributed by atoms with Crippen LogP contribution < -0.4 is 5.14 Å². The summed E-state index contributed by atoms with van der Waals surface area (Å²) in [5.41, 5.74) is 0.827. The molecule has 122 valence electrons. The van der Waals surface area contributed by atoms with Crippen LogP contribution in [0.1, 0.15) is 0 Å². The summed E-state index contributed by atoms with van der Waals surface area (Å²) >= 11 is 1.51. The molecule has 0 bridgehead atoms. The Kier molecular flexibility index (Phi) is 3.97. The Morgan fingerprint density at radius 2 is 2.04 bits per heavy atom. The highest BCUT2D eigenvalue weighted by molar-refractivity contribution is 8.03. The van der Waals surface area contributed by atoms with Crippen LogP contribution in [0.3, 0.4) is 0 Å².